The van der Waals surface area contributed by atoms with Gasteiger partial charge in [-0.05, 0) is 36.8 Å². The van der Waals surface area contributed by atoms with Crippen molar-refractivity contribution < 1.29 is 14.3 Å². The number of carbonyl (C=O) groups is 1. The third kappa shape index (κ3) is 5.06. The number of halogens is 1. The summed E-state index contributed by atoms with van der Waals surface area (Å²) in [6.45, 7) is 2.74. The van der Waals surface area contributed by atoms with Crippen LogP contribution < -0.4 is 14.8 Å². The molecule has 0 fully saturated rings. The second-order valence-corrected chi connectivity index (χ2v) is 8.22. The Labute approximate surface area is 171 Å². The molecule has 1 aromatic heterocycles. The lowest BCUT2D eigenvalue weighted by Gasteiger charge is -2.13. The van der Waals surface area contributed by atoms with E-state index < -0.39 is 0 Å². The fourth-order valence-electron chi connectivity index (χ4n) is 2.45. The van der Waals surface area contributed by atoms with Crippen LogP contribution in [0.15, 0.2) is 40.7 Å². The number of carbonyl (C=O) groups excluding carboxylic acids is 1. The molecule has 0 aliphatic heterocycles. The average Bonchev–Trinajstić information content (AvgIpc) is 3.09. The van der Waals surface area contributed by atoms with Crippen LogP contribution in [-0.4, -0.2) is 30.4 Å². The van der Waals surface area contributed by atoms with Crippen molar-refractivity contribution in [3.8, 4) is 11.5 Å². The van der Waals surface area contributed by atoms with Gasteiger partial charge in [0, 0.05) is 6.54 Å². The molecule has 27 heavy (non-hydrogen) atoms. The highest BCUT2D eigenvalue weighted by Gasteiger charge is 2.13. The van der Waals surface area contributed by atoms with Crippen LogP contribution in [0.2, 0.25) is 5.02 Å². The van der Waals surface area contributed by atoms with Gasteiger partial charge >= 0.3 is 0 Å². The Balaban J connectivity index is 1.56. The second kappa shape index (κ2) is 9.30. The minimum absolute atomic E-state index is 0.0665. The molecule has 3 rings (SSSR count). The number of aromatic nitrogens is 1. The van der Waals surface area contributed by atoms with Crippen molar-refractivity contribution in [3.05, 3.63) is 47.0 Å². The van der Waals surface area contributed by atoms with Crippen molar-refractivity contribution in [1.82, 2.24) is 10.3 Å². The van der Waals surface area contributed by atoms with Gasteiger partial charge in [0.15, 0.2) is 15.8 Å². The van der Waals surface area contributed by atoms with Crippen LogP contribution in [0.4, 0.5) is 0 Å². The number of para-hydroxylation sites is 1. The third-order valence-corrected chi connectivity index (χ3v) is 6.13. The minimum Gasteiger partial charge on any atom is -0.493 e. The largest absolute Gasteiger partial charge is 0.493 e. The van der Waals surface area contributed by atoms with Gasteiger partial charge in [-0.2, -0.15) is 0 Å². The highest BCUT2D eigenvalue weighted by Crippen LogP contribution is 2.36. The van der Waals surface area contributed by atoms with E-state index >= 15 is 0 Å². The molecule has 3 aromatic rings. The predicted molar refractivity (Wildman–Crippen MR) is 111 cm³/mol. The van der Waals surface area contributed by atoms with Crippen LogP contribution in [0.1, 0.15) is 12.5 Å². The summed E-state index contributed by atoms with van der Waals surface area (Å²) >= 11 is 9.28. The molecular formula is C19H19ClN2O3S2. The molecule has 0 bridgehead atoms. The number of nitrogens with one attached hydrogen (secondary N) is 1. The summed E-state index contributed by atoms with van der Waals surface area (Å²) in [4.78, 5) is 16.7. The van der Waals surface area contributed by atoms with Crippen LogP contribution in [0.3, 0.4) is 0 Å². The van der Waals surface area contributed by atoms with Crippen molar-refractivity contribution in [2.45, 2.75) is 17.8 Å². The molecule has 0 saturated carbocycles. The Morgan fingerprint density at radius 2 is 2.15 bits per heavy atom. The van der Waals surface area contributed by atoms with Gasteiger partial charge in [-0.3, -0.25) is 4.79 Å². The first-order chi connectivity index (χ1) is 13.1. The molecular weight excluding hydrogens is 404 g/mol. The quantitative estimate of drug-likeness (QED) is 0.530. The minimum atomic E-state index is -0.0665. The van der Waals surface area contributed by atoms with Gasteiger partial charge in [-0.1, -0.05) is 35.5 Å². The number of methoxy groups -OCH3 is 1. The number of hydrogen-bond donors (Lipinski definition) is 1. The summed E-state index contributed by atoms with van der Waals surface area (Å²) in [5.74, 6) is 1.31. The Morgan fingerprint density at radius 3 is 2.89 bits per heavy atom. The van der Waals surface area contributed by atoms with E-state index in [4.69, 9.17) is 21.1 Å². The van der Waals surface area contributed by atoms with Gasteiger partial charge in [0.25, 0.3) is 0 Å². The third-order valence-electron chi connectivity index (χ3n) is 3.67. The molecule has 2 aromatic carbocycles. The normalized spacial score (nSPS) is 10.8. The van der Waals surface area contributed by atoms with E-state index in [1.54, 1.807) is 24.5 Å². The average molecular weight is 423 g/mol. The molecule has 0 saturated heterocycles. The molecule has 0 aliphatic rings. The van der Waals surface area contributed by atoms with Crippen molar-refractivity contribution in [1.29, 1.82) is 0 Å². The first kappa shape index (κ1) is 19.8. The lowest BCUT2D eigenvalue weighted by atomic mass is 10.2. The zero-order valence-corrected chi connectivity index (χ0v) is 17.3. The van der Waals surface area contributed by atoms with E-state index in [9.17, 15) is 4.79 Å². The standard InChI is InChI=1S/C19H19ClN2O3S2/c1-3-25-18-13(20)8-12(9-15(18)24-2)10-21-17(23)11-26-19-22-14-6-4-5-7-16(14)27-19/h4-9H,3,10-11H2,1-2H3,(H,21,23). The van der Waals surface area contributed by atoms with Crippen molar-refractivity contribution in [3.63, 3.8) is 0 Å². The van der Waals surface area contributed by atoms with Crippen LogP contribution in [0.5, 0.6) is 11.5 Å². The number of thioether (sulfide) groups is 1. The van der Waals surface area contributed by atoms with Gasteiger partial charge in [0.1, 0.15) is 0 Å². The summed E-state index contributed by atoms with van der Waals surface area (Å²) in [5.41, 5.74) is 1.81. The highest BCUT2D eigenvalue weighted by molar-refractivity contribution is 8.01. The van der Waals surface area contributed by atoms with Crippen LogP contribution in [0, 0.1) is 0 Å². The zero-order valence-electron chi connectivity index (χ0n) is 15.0. The smallest absolute Gasteiger partial charge is 0.230 e. The van der Waals surface area contributed by atoms with E-state index in [1.807, 2.05) is 37.3 Å². The van der Waals surface area contributed by atoms with Crippen molar-refractivity contribution in [2.24, 2.45) is 0 Å². The monoisotopic (exact) mass is 422 g/mol. The Morgan fingerprint density at radius 1 is 1.33 bits per heavy atom. The number of hydrogen-bond acceptors (Lipinski definition) is 6. The topological polar surface area (TPSA) is 60.5 Å². The number of benzene rings is 2. The number of rotatable bonds is 8. The number of fused-ring (bicyclic) bond motifs is 1. The van der Waals surface area contributed by atoms with Gasteiger partial charge in [-0.15, -0.1) is 11.3 Å². The molecule has 1 heterocycles. The molecule has 8 heteroatoms. The first-order valence-corrected chi connectivity index (χ1v) is 10.5. The van der Waals surface area contributed by atoms with Gasteiger partial charge in [-0.25, -0.2) is 4.98 Å². The second-order valence-electron chi connectivity index (χ2n) is 5.55. The van der Waals surface area contributed by atoms with Crippen molar-refractivity contribution >= 4 is 50.8 Å². The summed E-state index contributed by atoms with van der Waals surface area (Å²) in [5, 5.41) is 3.36. The highest BCUT2D eigenvalue weighted by atomic mass is 35.5. The summed E-state index contributed by atoms with van der Waals surface area (Å²) in [7, 11) is 1.56. The molecule has 1 N–H and O–H groups in total. The van der Waals surface area contributed by atoms with Crippen LogP contribution in [-0.2, 0) is 11.3 Å². The number of amides is 1. The van der Waals surface area contributed by atoms with E-state index in [-0.39, 0.29) is 5.91 Å². The predicted octanol–water partition coefficient (Wildman–Crippen LogP) is 4.77. The molecule has 0 aliphatic carbocycles. The van der Waals surface area contributed by atoms with E-state index in [1.165, 1.54) is 11.8 Å². The fraction of sp³-hybridized carbons (Fsp3) is 0.263. The summed E-state index contributed by atoms with van der Waals surface area (Å²) in [6.07, 6.45) is 0. The summed E-state index contributed by atoms with van der Waals surface area (Å²) < 4.78 is 12.8. The van der Waals surface area contributed by atoms with Crippen LogP contribution >= 0.6 is 34.7 Å². The summed E-state index contributed by atoms with van der Waals surface area (Å²) in [6, 6.07) is 11.5. The Hall–Kier alpha value is -1.96. The van der Waals surface area contributed by atoms with E-state index in [2.05, 4.69) is 10.3 Å². The molecule has 0 unspecified atom stereocenters. The lowest BCUT2D eigenvalue weighted by Crippen LogP contribution is -2.24. The van der Waals surface area contributed by atoms with Gasteiger partial charge < -0.3 is 14.8 Å². The molecule has 0 atom stereocenters. The van der Waals surface area contributed by atoms with Gasteiger partial charge in [0.2, 0.25) is 5.91 Å². The maximum absolute atomic E-state index is 12.2. The Kier molecular flexibility index (Phi) is 6.82. The van der Waals surface area contributed by atoms with E-state index in [0.717, 1.165) is 20.1 Å². The maximum Gasteiger partial charge on any atom is 0.230 e. The molecule has 0 spiro atoms. The van der Waals surface area contributed by atoms with Crippen molar-refractivity contribution in [2.75, 3.05) is 19.5 Å². The zero-order chi connectivity index (χ0) is 19.2. The number of ether oxygens (including phenoxy) is 2. The van der Waals surface area contributed by atoms with E-state index in [0.29, 0.717) is 35.4 Å². The van der Waals surface area contributed by atoms with Crippen LogP contribution in [0.25, 0.3) is 10.2 Å². The molecule has 1 amide bonds. The molecule has 142 valence electrons. The fourth-order valence-corrected chi connectivity index (χ4v) is 4.64. The number of nitrogens with zero attached hydrogens (tertiary/aromatic N) is 1. The Bertz CT molecular complexity index is 913. The number of thiazole rings is 1. The molecule has 5 nitrogen and oxygen atoms in total. The molecule has 0 radical (unpaired) electrons. The van der Waals surface area contributed by atoms with Gasteiger partial charge in [0.05, 0.1) is 34.7 Å². The SMILES string of the molecule is CCOc1c(Cl)cc(CNC(=O)CSc2nc3ccccc3s2)cc1OC. The lowest BCUT2D eigenvalue weighted by molar-refractivity contribution is -0.118. The maximum atomic E-state index is 12.2. The first-order valence-electron chi connectivity index (χ1n) is 8.35.